The molecule has 0 aliphatic rings. The highest BCUT2D eigenvalue weighted by Crippen LogP contribution is 2.40. The summed E-state index contributed by atoms with van der Waals surface area (Å²) in [6.45, 7) is 18.7. The Morgan fingerprint density at radius 2 is 1.50 bits per heavy atom. The number of hydrogen-bond acceptors (Lipinski definition) is 0. The first-order chi connectivity index (χ1) is 7.04. The van der Waals surface area contributed by atoms with Crippen molar-refractivity contribution in [1.82, 2.24) is 0 Å². The first-order valence-electron chi connectivity index (χ1n) is 6.67. The zero-order valence-electron chi connectivity index (χ0n) is 12.8. The van der Waals surface area contributed by atoms with E-state index in [0.717, 1.165) is 5.92 Å². The quantitative estimate of drug-likeness (QED) is 0.498. The molecule has 0 unspecified atom stereocenters. The van der Waals surface area contributed by atoms with Crippen molar-refractivity contribution in [3.05, 3.63) is 11.6 Å². The van der Waals surface area contributed by atoms with Crippen LogP contribution in [0.5, 0.6) is 0 Å². The van der Waals surface area contributed by atoms with E-state index in [-0.39, 0.29) is 0 Å². The summed E-state index contributed by atoms with van der Waals surface area (Å²) in [4.78, 5) is 0. The molecule has 0 nitrogen and oxygen atoms in total. The summed E-state index contributed by atoms with van der Waals surface area (Å²) in [5.41, 5.74) is 2.33. The topological polar surface area (TPSA) is 0 Å². The molecular weight excluding hydrogens is 192 g/mol. The van der Waals surface area contributed by atoms with Gasteiger partial charge in [-0.15, -0.1) is 0 Å². The summed E-state index contributed by atoms with van der Waals surface area (Å²) in [5, 5.41) is 0. The summed E-state index contributed by atoms with van der Waals surface area (Å²) in [5.74, 6) is 0.800. The fourth-order valence-electron chi connectivity index (χ4n) is 3.03. The number of rotatable bonds is 6. The van der Waals surface area contributed by atoms with Gasteiger partial charge in [0, 0.05) is 0 Å². The molecule has 0 aromatic carbocycles. The first-order valence-corrected chi connectivity index (χ1v) is 6.67. The predicted molar refractivity (Wildman–Crippen MR) is 75.7 cm³/mol. The normalized spacial score (nSPS) is 13.1. The molecule has 0 radical (unpaired) electrons. The largest absolute Gasteiger partial charge is 0.0854 e. The van der Waals surface area contributed by atoms with Crippen LogP contribution in [0.4, 0.5) is 0 Å². The van der Waals surface area contributed by atoms with E-state index >= 15 is 0 Å². The maximum atomic E-state index is 2.41. The van der Waals surface area contributed by atoms with Gasteiger partial charge in [0.15, 0.2) is 0 Å². The minimum Gasteiger partial charge on any atom is -0.0854 e. The maximum absolute atomic E-state index is 2.41. The molecule has 0 saturated heterocycles. The van der Waals surface area contributed by atoms with Crippen LogP contribution < -0.4 is 0 Å². The highest BCUT2D eigenvalue weighted by atomic mass is 14.3. The Morgan fingerprint density at radius 1 is 1.00 bits per heavy atom. The van der Waals surface area contributed by atoms with Crippen molar-refractivity contribution in [1.29, 1.82) is 0 Å². The second-order valence-corrected chi connectivity index (χ2v) is 7.59. The molecule has 16 heavy (non-hydrogen) atoms. The van der Waals surface area contributed by atoms with Crippen molar-refractivity contribution in [2.24, 2.45) is 16.7 Å². The Morgan fingerprint density at radius 3 is 1.88 bits per heavy atom. The minimum atomic E-state index is 0.426. The molecular formula is C16H32. The smallest absolute Gasteiger partial charge is 0.0296 e. The van der Waals surface area contributed by atoms with Crippen LogP contribution in [0.1, 0.15) is 74.7 Å². The van der Waals surface area contributed by atoms with E-state index in [1.807, 2.05) is 0 Å². The van der Waals surface area contributed by atoms with Gasteiger partial charge in [-0.3, -0.25) is 0 Å². The third kappa shape index (κ3) is 7.96. The maximum Gasteiger partial charge on any atom is -0.0296 e. The van der Waals surface area contributed by atoms with Crippen molar-refractivity contribution >= 4 is 0 Å². The van der Waals surface area contributed by atoms with E-state index in [1.165, 1.54) is 24.8 Å². The van der Waals surface area contributed by atoms with E-state index in [4.69, 9.17) is 0 Å². The first kappa shape index (κ1) is 15.7. The lowest BCUT2D eigenvalue weighted by atomic mass is 9.70. The fourth-order valence-corrected chi connectivity index (χ4v) is 3.03. The predicted octanol–water partition coefficient (Wildman–Crippen LogP) is 5.83. The Bertz CT molecular complexity index is 224. The van der Waals surface area contributed by atoms with Crippen molar-refractivity contribution < 1.29 is 0 Å². The van der Waals surface area contributed by atoms with E-state index in [0.29, 0.717) is 10.8 Å². The molecule has 0 N–H and O–H groups in total. The second kappa shape index (κ2) is 5.89. The lowest BCUT2D eigenvalue weighted by Gasteiger charge is -2.35. The van der Waals surface area contributed by atoms with Crippen LogP contribution in [0.15, 0.2) is 11.6 Å². The van der Waals surface area contributed by atoms with Gasteiger partial charge in [0.2, 0.25) is 0 Å². The van der Waals surface area contributed by atoms with Gasteiger partial charge < -0.3 is 0 Å². The van der Waals surface area contributed by atoms with Crippen LogP contribution in [0, 0.1) is 16.7 Å². The van der Waals surface area contributed by atoms with Crippen LogP contribution in [-0.4, -0.2) is 0 Å². The average molecular weight is 224 g/mol. The molecule has 0 heterocycles. The molecule has 0 aliphatic heterocycles. The van der Waals surface area contributed by atoms with Gasteiger partial charge in [-0.2, -0.15) is 0 Å². The van der Waals surface area contributed by atoms with E-state index in [1.54, 1.807) is 0 Å². The molecule has 96 valence electrons. The Hall–Kier alpha value is -0.260. The molecule has 0 heteroatoms. The van der Waals surface area contributed by atoms with Crippen molar-refractivity contribution in [2.75, 3.05) is 0 Å². The van der Waals surface area contributed by atoms with Gasteiger partial charge in [-0.1, -0.05) is 53.2 Å². The summed E-state index contributed by atoms with van der Waals surface area (Å²) in [6, 6.07) is 0. The summed E-state index contributed by atoms with van der Waals surface area (Å²) in [7, 11) is 0. The minimum absolute atomic E-state index is 0.426. The van der Waals surface area contributed by atoms with Gasteiger partial charge in [0.1, 0.15) is 0 Å². The van der Waals surface area contributed by atoms with E-state index < -0.39 is 0 Å². The summed E-state index contributed by atoms with van der Waals surface area (Å²) in [6.07, 6.45) is 6.22. The van der Waals surface area contributed by atoms with Gasteiger partial charge in [0.05, 0.1) is 0 Å². The standard InChI is InChI=1S/C16H32/c1-13(2)9-10-15(5,6)12-16(7,8)11-14(3)4/h9,14H,10-12H2,1-8H3. The van der Waals surface area contributed by atoms with Gasteiger partial charge >= 0.3 is 0 Å². The lowest BCUT2D eigenvalue weighted by molar-refractivity contribution is 0.166. The molecule has 0 spiro atoms. The molecule has 0 rings (SSSR count). The Kier molecular flexibility index (Phi) is 5.79. The van der Waals surface area contributed by atoms with Gasteiger partial charge in [0.25, 0.3) is 0 Å². The highest BCUT2D eigenvalue weighted by molar-refractivity contribution is 4.96. The molecule has 0 aliphatic carbocycles. The molecule has 0 bridgehead atoms. The molecule has 0 fully saturated rings. The van der Waals surface area contributed by atoms with E-state index in [9.17, 15) is 0 Å². The highest BCUT2D eigenvalue weighted by Gasteiger charge is 2.28. The molecule has 0 aromatic rings. The van der Waals surface area contributed by atoms with Crippen LogP contribution in [0.2, 0.25) is 0 Å². The van der Waals surface area contributed by atoms with E-state index in [2.05, 4.69) is 61.5 Å². The zero-order valence-corrected chi connectivity index (χ0v) is 12.8. The molecule has 0 saturated carbocycles. The molecule has 0 aromatic heterocycles. The Balaban J connectivity index is 4.39. The summed E-state index contributed by atoms with van der Waals surface area (Å²) < 4.78 is 0. The van der Waals surface area contributed by atoms with Crippen LogP contribution in [-0.2, 0) is 0 Å². The lowest BCUT2D eigenvalue weighted by Crippen LogP contribution is -2.24. The van der Waals surface area contributed by atoms with Crippen LogP contribution >= 0.6 is 0 Å². The van der Waals surface area contributed by atoms with Gasteiger partial charge in [-0.25, -0.2) is 0 Å². The second-order valence-electron chi connectivity index (χ2n) is 7.59. The third-order valence-electron chi connectivity index (χ3n) is 2.98. The van der Waals surface area contributed by atoms with Crippen LogP contribution in [0.25, 0.3) is 0 Å². The monoisotopic (exact) mass is 224 g/mol. The third-order valence-corrected chi connectivity index (χ3v) is 2.98. The fraction of sp³-hybridized carbons (Fsp3) is 0.875. The van der Waals surface area contributed by atoms with Crippen molar-refractivity contribution in [2.45, 2.75) is 74.7 Å². The number of hydrogen-bond donors (Lipinski definition) is 0. The molecule has 0 amide bonds. The van der Waals surface area contributed by atoms with Crippen molar-refractivity contribution in [3.8, 4) is 0 Å². The Labute approximate surface area is 104 Å². The average Bonchev–Trinajstić information content (AvgIpc) is 1.95. The van der Waals surface area contributed by atoms with Crippen molar-refractivity contribution in [3.63, 3.8) is 0 Å². The zero-order chi connectivity index (χ0) is 13.0. The SMILES string of the molecule is CC(C)=CCC(C)(C)CC(C)(C)CC(C)C. The van der Waals surface area contributed by atoms with Gasteiger partial charge in [-0.05, 0) is 49.9 Å². The molecule has 0 atom stereocenters. The number of allylic oxidation sites excluding steroid dienone is 2. The summed E-state index contributed by atoms with van der Waals surface area (Å²) >= 11 is 0. The van der Waals surface area contributed by atoms with Crippen LogP contribution in [0.3, 0.4) is 0 Å².